The first-order valence-electron chi connectivity index (χ1n) is 12.4. The van der Waals surface area contributed by atoms with Crippen LogP contribution in [0.5, 0.6) is 0 Å². The number of anilines is 1. The fraction of sp³-hybridized carbons (Fsp3) is 0.300. The molecule has 0 radical (unpaired) electrons. The van der Waals surface area contributed by atoms with Gasteiger partial charge in [-0.15, -0.1) is 0 Å². The van der Waals surface area contributed by atoms with E-state index < -0.39 is 0 Å². The normalized spacial score (nSPS) is 22.0. The second-order valence-corrected chi connectivity index (χ2v) is 9.27. The van der Waals surface area contributed by atoms with Crippen LogP contribution in [-0.2, 0) is 0 Å². The van der Waals surface area contributed by atoms with Gasteiger partial charge in [0.1, 0.15) is 0 Å². The zero-order valence-electron chi connectivity index (χ0n) is 19.8. The van der Waals surface area contributed by atoms with Gasteiger partial charge in [-0.3, -0.25) is 4.90 Å². The molecule has 2 aliphatic rings. The lowest BCUT2D eigenvalue weighted by Crippen LogP contribution is -2.68. The minimum absolute atomic E-state index is 0.0595. The zero-order valence-corrected chi connectivity index (χ0v) is 19.8. The smallest absolute Gasteiger partial charge is 0.321 e. The Labute approximate surface area is 207 Å². The first-order chi connectivity index (χ1) is 17.2. The van der Waals surface area contributed by atoms with Crippen LogP contribution in [0.3, 0.4) is 0 Å². The molecule has 3 aromatic carbocycles. The van der Waals surface area contributed by atoms with E-state index in [-0.39, 0.29) is 30.6 Å². The summed E-state index contributed by atoms with van der Waals surface area (Å²) in [6.07, 6.45) is 1.98. The van der Waals surface area contributed by atoms with Crippen molar-refractivity contribution < 1.29 is 9.90 Å². The number of urea groups is 1. The van der Waals surface area contributed by atoms with E-state index in [2.05, 4.69) is 46.3 Å². The van der Waals surface area contributed by atoms with Crippen molar-refractivity contribution in [3.63, 3.8) is 0 Å². The van der Waals surface area contributed by atoms with Crippen molar-refractivity contribution in [3.8, 4) is 11.8 Å². The number of aliphatic hydroxyl groups excluding tert-OH is 1. The maximum atomic E-state index is 13.1. The average Bonchev–Trinajstić information content (AvgIpc) is 2.88. The van der Waals surface area contributed by atoms with Gasteiger partial charge in [-0.05, 0) is 61.3 Å². The summed E-state index contributed by atoms with van der Waals surface area (Å²) in [4.78, 5) is 17.4. The van der Waals surface area contributed by atoms with Gasteiger partial charge < -0.3 is 15.3 Å². The number of carbonyl (C=O) groups is 1. The van der Waals surface area contributed by atoms with E-state index in [4.69, 9.17) is 0 Å². The van der Waals surface area contributed by atoms with Crippen LogP contribution < -0.4 is 5.32 Å². The van der Waals surface area contributed by atoms with Crippen molar-refractivity contribution in [2.45, 2.75) is 30.8 Å². The summed E-state index contributed by atoms with van der Waals surface area (Å²) in [6, 6.07) is 28.2. The van der Waals surface area contributed by atoms with Crippen molar-refractivity contribution in [1.82, 2.24) is 9.80 Å². The van der Waals surface area contributed by atoms with Crippen LogP contribution in [0, 0.1) is 11.8 Å². The van der Waals surface area contributed by atoms with E-state index in [0.717, 1.165) is 42.7 Å². The first-order valence-corrected chi connectivity index (χ1v) is 12.4. The SMILES string of the molecule is O=C(Nc1ccccc1)N1CCCCN2[C@H](C1)[C@@H](c1ccc(C#Cc3ccccc3)cc1)[C@@H]2CO. The molecule has 178 valence electrons. The van der Waals surface area contributed by atoms with E-state index in [9.17, 15) is 9.90 Å². The van der Waals surface area contributed by atoms with Gasteiger partial charge >= 0.3 is 6.03 Å². The van der Waals surface area contributed by atoms with Gasteiger partial charge in [-0.25, -0.2) is 4.79 Å². The van der Waals surface area contributed by atoms with Gasteiger partial charge in [0.25, 0.3) is 0 Å². The van der Waals surface area contributed by atoms with E-state index in [1.807, 2.05) is 65.6 Å². The highest BCUT2D eigenvalue weighted by molar-refractivity contribution is 5.89. The van der Waals surface area contributed by atoms with Crippen LogP contribution in [0.25, 0.3) is 0 Å². The summed E-state index contributed by atoms with van der Waals surface area (Å²) in [5, 5.41) is 13.2. The van der Waals surface area contributed by atoms with Crippen molar-refractivity contribution >= 4 is 11.7 Å². The number of para-hydroxylation sites is 1. The lowest BCUT2D eigenvalue weighted by atomic mass is 9.74. The molecule has 3 atom stereocenters. The summed E-state index contributed by atoms with van der Waals surface area (Å²) in [7, 11) is 0. The Bertz CT molecular complexity index is 1190. The standard InChI is InChI=1S/C30H31N3O2/c34-22-28-29(25-17-15-24(16-18-25)14-13-23-9-3-1-4-10-23)27-21-32(19-7-8-20-33(27)28)30(35)31-26-11-5-2-6-12-26/h1-6,9-12,15-18,27-29,34H,7-8,19-22H2,(H,31,35)/t27-,28+,29-/m1/s1. The van der Waals surface area contributed by atoms with Crippen molar-refractivity contribution in [3.05, 3.63) is 102 Å². The van der Waals surface area contributed by atoms with E-state index in [1.54, 1.807) is 0 Å². The predicted molar refractivity (Wildman–Crippen MR) is 139 cm³/mol. The number of aliphatic hydroxyl groups is 1. The lowest BCUT2D eigenvalue weighted by molar-refractivity contribution is -0.0585. The summed E-state index contributed by atoms with van der Waals surface area (Å²) >= 11 is 0. The third kappa shape index (κ3) is 5.24. The minimum atomic E-state index is -0.0595. The molecule has 2 N–H and O–H groups in total. The van der Waals surface area contributed by atoms with Gasteiger partial charge in [0.05, 0.1) is 6.61 Å². The molecule has 5 nitrogen and oxygen atoms in total. The van der Waals surface area contributed by atoms with Crippen molar-refractivity contribution in [2.75, 3.05) is 31.6 Å². The van der Waals surface area contributed by atoms with E-state index in [0.29, 0.717) is 6.54 Å². The van der Waals surface area contributed by atoms with Crippen molar-refractivity contribution in [2.24, 2.45) is 0 Å². The summed E-state index contributed by atoms with van der Waals surface area (Å²) in [5.74, 6) is 6.63. The van der Waals surface area contributed by atoms with Gasteiger partial charge in [-0.1, -0.05) is 60.4 Å². The third-order valence-corrected chi connectivity index (χ3v) is 7.10. The monoisotopic (exact) mass is 465 g/mol. The Morgan fingerprint density at radius 2 is 1.49 bits per heavy atom. The Kier molecular flexibility index (Phi) is 7.13. The Balaban J connectivity index is 1.32. The zero-order chi connectivity index (χ0) is 24.0. The number of nitrogens with zero attached hydrogens (tertiary/aromatic N) is 2. The third-order valence-electron chi connectivity index (χ3n) is 7.10. The molecule has 0 unspecified atom stereocenters. The largest absolute Gasteiger partial charge is 0.395 e. The maximum absolute atomic E-state index is 13.1. The molecular weight excluding hydrogens is 434 g/mol. The van der Waals surface area contributed by atoms with Crippen LogP contribution in [0.4, 0.5) is 10.5 Å². The molecule has 2 amide bonds. The molecule has 0 saturated carbocycles. The maximum Gasteiger partial charge on any atom is 0.321 e. The molecule has 0 spiro atoms. The minimum Gasteiger partial charge on any atom is -0.395 e. The second-order valence-electron chi connectivity index (χ2n) is 9.27. The van der Waals surface area contributed by atoms with Crippen molar-refractivity contribution in [1.29, 1.82) is 0 Å². The summed E-state index contributed by atoms with van der Waals surface area (Å²) in [6.45, 7) is 2.47. The topological polar surface area (TPSA) is 55.8 Å². The van der Waals surface area contributed by atoms with E-state index in [1.165, 1.54) is 5.56 Å². The van der Waals surface area contributed by atoms with Crippen LogP contribution in [0.2, 0.25) is 0 Å². The predicted octanol–water partition coefficient (Wildman–Crippen LogP) is 4.54. The number of benzene rings is 3. The molecule has 2 aliphatic heterocycles. The fourth-order valence-corrected chi connectivity index (χ4v) is 5.30. The van der Waals surface area contributed by atoms with Crippen LogP contribution >= 0.6 is 0 Å². The summed E-state index contributed by atoms with van der Waals surface area (Å²) < 4.78 is 0. The number of nitrogens with one attached hydrogen (secondary N) is 1. The van der Waals surface area contributed by atoms with Gasteiger partial charge in [0.15, 0.2) is 0 Å². The van der Waals surface area contributed by atoms with Crippen LogP contribution in [0.15, 0.2) is 84.9 Å². The van der Waals surface area contributed by atoms with Gasteiger partial charge in [-0.2, -0.15) is 0 Å². The lowest BCUT2D eigenvalue weighted by Gasteiger charge is -2.57. The summed E-state index contributed by atoms with van der Waals surface area (Å²) in [5.41, 5.74) is 3.97. The average molecular weight is 466 g/mol. The fourth-order valence-electron chi connectivity index (χ4n) is 5.30. The molecule has 5 rings (SSSR count). The molecule has 0 aromatic heterocycles. The Morgan fingerprint density at radius 1 is 0.857 bits per heavy atom. The van der Waals surface area contributed by atoms with Gasteiger partial charge in [0.2, 0.25) is 0 Å². The number of hydrogen-bond acceptors (Lipinski definition) is 3. The Morgan fingerprint density at radius 3 is 2.17 bits per heavy atom. The Hall–Kier alpha value is -3.59. The highest BCUT2D eigenvalue weighted by atomic mass is 16.3. The first kappa shape index (κ1) is 23.2. The molecular formula is C30H31N3O2. The highest BCUT2D eigenvalue weighted by Crippen LogP contribution is 2.42. The number of rotatable bonds is 3. The molecule has 2 saturated heterocycles. The molecule has 0 aliphatic carbocycles. The van der Waals surface area contributed by atoms with Gasteiger partial charge in [0, 0.05) is 47.9 Å². The molecule has 35 heavy (non-hydrogen) atoms. The molecule has 5 heteroatoms. The van der Waals surface area contributed by atoms with E-state index >= 15 is 0 Å². The number of fused-ring (bicyclic) bond motifs is 1. The molecule has 3 aromatic rings. The molecule has 2 fully saturated rings. The number of hydrogen-bond donors (Lipinski definition) is 2. The molecule has 2 heterocycles. The molecule has 0 bridgehead atoms. The number of amides is 2. The number of carbonyl (C=O) groups excluding carboxylic acids is 1. The van der Waals surface area contributed by atoms with Crippen LogP contribution in [0.1, 0.15) is 35.4 Å². The van der Waals surface area contributed by atoms with Crippen LogP contribution in [-0.4, -0.2) is 59.3 Å². The highest BCUT2D eigenvalue weighted by Gasteiger charge is 2.49. The second kappa shape index (κ2) is 10.8. The quantitative estimate of drug-likeness (QED) is 0.559.